The molecule has 0 saturated heterocycles. The summed E-state index contributed by atoms with van der Waals surface area (Å²) in [5.41, 5.74) is 0.615. The SMILES string of the molecule is CCCc1c(OCCCN(C)C(=O)Nc2ccc(C)cn2)ccc2c(C(F)(F)F)noc12. The molecule has 1 N–H and O–H groups in total. The van der Waals surface area contributed by atoms with Crippen LogP contribution in [0, 0.1) is 6.92 Å². The summed E-state index contributed by atoms with van der Waals surface area (Å²) in [4.78, 5) is 17.9. The monoisotopic (exact) mass is 450 g/mol. The van der Waals surface area contributed by atoms with Crippen LogP contribution in [-0.2, 0) is 12.6 Å². The number of amides is 2. The molecule has 0 radical (unpaired) electrons. The molecule has 172 valence electrons. The molecule has 0 fully saturated rings. The molecule has 0 aliphatic carbocycles. The minimum Gasteiger partial charge on any atom is -0.493 e. The van der Waals surface area contributed by atoms with Crippen LogP contribution < -0.4 is 10.1 Å². The van der Waals surface area contributed by atoms with Crippen LogP contribution in [-0.4, -0.2) is 41.3 Å². The molecule has 0 unspecified atom stereocenters. The quantitative estimate of drug-likeness (QED) is 0.463. The Bertz CT molecular complexity index is 1060. The second-order valence-corrected chi connectivity index (χ2v) is 7.47. The number of halogens is 3. The molecular formula is C22H25F3N4O3. The lowest BCUT2D eigenvalue weighted by molar-refractivity contribution is -0.141. The van der Waals surface area contributed by atoms with Gasteiger partial charge in [0, 0.05) is 25.4 Å². The van der Waals surface area contributed by atoms with E-state index < -0.39 is 11.9 Å². The van der Waals surface area contributed by atoms with E-state index in [2.05, 4.69) is 15.5 Å². The molecule has 3 aromatic rings. The highest BCUT2D eigenvalue weighted by Crippen LogP contribution is 2.38. The third-order valence-electron chi connectivity index (χ3n) is 4.86. The van der Waals surface area contributed by atoms with Crippen molar-refractivity contribution in [2.75, 3.05) is 25.5 Å². The van der Waals surface area contributed by atoms with Crippen molar-refractivity contribution in [2.45, 2.75) is 39.3 Å². The molecule has 3 rings (SSSR count). The maximum Gasteiger partial charge on any atom is 0.437 e. The fourth-order valence-electron chi connectivity index (χ4n) is 3.20. The zero-order valence-electron chi connectivity index (χ0n) is 18.1. The molecule has 0 bridgehead atoms. The number of hydrogen-bond acceptors (Lipinski definition) is 5. The molecule has 0 spiro atoms. The molecule has 10 heteroatoms. The number of urea groups is 1. The van der Waals surface area contributed by atoms with Gasteiger partial charge in [-0.3, -0.25) is 5.32 Å². The average molecular weight is 450 g/mol. The van der Waals surface area contributed by atoms with Crippen molar-refractivity contribution in [1.29, 1.82) is 0 Å². The van der Waals surface area contributed by atoms with Crippen molar-refractivity contribution < 1.29 is 27.2 Å². The van der Waals surface area contributed by atoms with Crippen molar-refractivity contribution in [1.82, 2.24) is 15.0 Å². The molecule has 2 amide bonds. The normalized spacial score (nSPS) is 11.6. The van der Waals surface area contributed by atoms with Crippen LogP contribution in [0.15, 0.2) is 35.0 Å². The summed E-state index contributed by atoms with van der Waals surface area (Å²) in [6.07, 6.45) is -1.20. The van der Waals surface area contributed by atoms with Crippen LogP contribution in [0.25, 0.3) is 11.0 Å². The third-order valence-corrected chi connectivity index (χ3v) is 4.86. The highest BCUT2D eigenvalue weighted by molar-refractivity contribution is 5.88. The lowest BCUT2D eigenvalue weighted by Gasteiger charge is -2.18. The minimum atomic E-state index is -4.59. The van der Waals surface area contributed by atoms with Crippen LogP contribution in [0.3, 0.4) is 0 Å². The van der Waals surface area contributed by atoms with Gasteiger partial charge in [-0.05, 0) is 43.5 Å². The maximum absolute atomic E-state index is 13.1. The smallest absolute Gasteiger partial charge is 0.437 e. The van der Waals surface area contributed by atoms with Gasteiger partial charge in [-0.25, -0.2) is 9.78 Å². The van der Waals surface area contributed by atoms with Gasteiger partial charge in [-0.2, -0.15) is 13.2 Å². The summed E-state index contributed by atoms with van der Waals surface area (Å²) in [5, 5.41) is 5.85. The Labute approximate surface area is 183 Å². The first-order valence-electron chi connectivity index (χ1n) is 10.3. The van der Waals surface area contributed by atoms with Crippen LogP contribution in [0.4, 0.5) is 23.8 Å². The van der Waals surface area contributed by atoms with Crippen molar-refractivity contribution in [3.05, 3.63) is 47.3 Å². The van der Waals surface area contributed by atoms with Crippen LogP contribution in [0.5, 0.6) is 5.75 Å². The van der Waals surface area contributed by atoms with Gasteiger partial charge in [0.1, 0.15) is 11.6 Å². The van der Waals surface area contributed by atoms with E-state index in [0.29, 0.717) is 42.9 Å². The number of anilines is 1. The topological polar surface area (TPSA) is 80.5 Å². The van der Waals surface area contributed by atoms with E-state index in [1.54, 1.807) is 19.3 Å². The molecular weight excluding hydrogens is 425 g/mol. The first-order valence-corrected chi connectivity index (χ1v) is 10.3. The standard InChI is InChI=1S/C22H25F3N4O3/c1-4-6-15-17(9-8-16-19(15)32-28-20(16)22(23,24)25)31-12-5-11-29(3)21(30)27-18-10-7-14(2)13-26-18/h7-10,13H,4-6,11-12H2,1-3H3,(H,26,27,30). The van der Waals surface area contributed by atoms with E-state index in [1.807, 2.05) is 19.9 Å². The van der Waals surface area contributed by atoms with E-state index in [0.717, 1.165) is 5.56 Å². The molecule has 0 aliphatic heterocycles. The summed E-state index contributed by atoms with van der Waals surface area (Å²) in [6.45, 7) is 4.53. The molecule has 1 aromatic carbocycles. The molecule has 2 heterocycles. The largest absolute Gasteiger partial charge is 0.493 e. The number of aryl methyl sites for hydroxylation is 2. The Morgan fingerprint density at radius 1 is 1.25 bits per heavy atom. The zero-order chi connectivity index (χ0) is 23.3. The Hall–Kier alpha value is -3.30. The van der Waals surface area contributed by atoms with E-state index in [4.69, 9.17) is 9.26 Å². The van der Waals surface area contributed by atoms with Gasteiger partial charge < -0.3 is 14.2 Å². The number of hydrogen-bond donors (Lipinski definition) is 1. The Kier molecular flexibility index (Phi) is 7.22. The number of carbonyl (C=O) groups excluding carboxylic acids is 1. The molecule has 32 heavy (non-hydrogen) atoms. The minimum absolute atomic E-state index is 0.0746. The van der Waals surface area contributed by atoms with E-state index in [1.165, 1.54) is 17.0 Å². The number of aromatic nitrogens is 2. The van der Waals surface area contributed by atoms with Gasteiger partial charge in [0.2, 0.25) is 0 Å². The van der Waals surface area contributed by atoms with Crippen molar-refractivity contribution in [3.8, 4) is 5.75 Å². The highest BCUT2D eigenvalue weighted by Gasteiger charge is 2.37. The first-order chi connectivity index (χ1) is 15.2. The molecule has 0 saturated carbocycles. The number of benzene rings is 1. The third kappa shape index (κ3) is 5.49. The average Bonchev–Trinajstić information content (AvgIpc) is 3.19. The fourth-order valence-corrected chi connectivity index (χ4v) is 3.20. The van der Waals surface area contributed by atoms with E-state index in [-0.39, 0.29) is 23.6 Å². The summed E-state index contributed by atoms with van der Waals surface area (Å²) in [7, 11) is 1.66. The second kappa shape index (κ2) is 9.88. The van der Waals surface area contributed by atoms with Gasteiger partial charge in [0.05, 0.1) is 12.0 Å². The molecule has 7 nitrogen and oxygen atoms in total. The predicted octanol–water partition coefficient (Wildman–Crippen LogP) is 5.44. The van der Waals surface area contributed by atoms with Crippen molar-refractivity contribution in [2.24, 2.45) is 0 Å². The number of rotatable bonds is 8. The maximum atomic E-state index is 13.1. The number of nitrogens with zero attached hydrogens (tertiary/aromatic N) is 3. The van der Waals surface area contributed by atoms with E-state index >= 15 is 0 Å². The summed E-state index contributed by atoms with van der Waals surface area (Å²) in [5.74, 6) is 0.923. The lowest BCUT2D eigenvalue weighted by Crippen LogP contribution is -2.33. The van der Waals surface area contributed by atoms with Crippen molar-refractivity contribution >= 4 is 22.8 Å². The zero-order valence-corrected chi connectivity index (χ0v) is 18.1. The lowest BCUT2D eigenvalue weighted by atomic mass is 10.0. The summed E-state index contributed by atoms with van der Waals surface area (Å²) in [6, 6.07) is 6.11. The van der Waals surface area contributed by atoms with Crippen LogP contribution in [0.1, 0.15) is 36.6 Å². The molecule has 0 aliphatic rings. The van der Waals surface area contributed by atoms with Crippen LogP contribution in [0.2, 0.25) is 0 Å². The van der Waals surface area contributed by atoms with Gasteiger partial charge in [-0.1, -0.05) is 24.6 Å². The second-order valence-electron chi connectivity index (χ2n) is 7.47. The summed E-state index contributed by atoms with van der Waals surface area (Å²) >= 11 is 0. The number of fused-ring (bicyclic) bond motifs is 1. The Morgan fingerprint density at radius 3 is 2.69 bits per heavy atom. The first kappa shape index (κ1) is 23.4. The molecule has 2 aromatic heterocycles. The van der Waals surface area contributed by atoms with Crippen LogP contribution >= 0.6 is 0 Å². The molecule has 0 atom stereocenters. The van der Waals surface area contributed by atoms with Gasteiger partial charge >= 0.3 is 12.2 Å². The van der Waals surface area contributed by atoms with Gasteiger partial charge in [0.15, 0.2) is 11.3 Å². The Morgan fingerprint density at radius 2 is 2.03 bits per heavy atom. The van der Waals surface area contributed by atoms with Gasteiger partial charge in [0.25, 0.3) is 0 Å². The van der Waals surface area contributed by atoms with Gasteiger partial charge in [-0.15, -0.1) is 0 Å². The predicted molar refractivity (Wildman–Crippen MR) is 114 cm³/mol. The fraction of sp³-hybridized carbons (Fsp3) is 0.409. The number of pyridine rings is 1. The highest BCUT2D eigenvalue weighted by atomic mass is 19.4. The number of nitrogens with one attached hydrogen (secondary N) is 1. The Balaban J connectivity index is 1.59. The number of alkyl halides is 3. The summed E-state index contributed by atoms with van der Waals surface area (Å²) < 4.78 is 50.2. The number of ether oxygens (including phenoxy) is 1. The number of carbonyl (C=O) groups is 1. The van der Waals surface area contributed by atoms with Crippen molar-refractivity contribution in [3.63, 3.8) is 0 Å². The van der Waals surface area contributed by atoms with E-state index in [9.17, 15) is 18.0 Å².